The van der Waals surface area contributed by atoms with Crippen LogP contribution in [0.15, 0.2) is 54.7 Å². The van der Waals surface area contributed by atoms with Gasteiger partial charge in [0.25, 0.3) is 5.91 Å². The lowest BCUT2D eigenvalue weighted by atomic mass is 9.91. The highest BCUT2D eigenvalue weighted by atomic mass is 16.5. The van der Waals surface area contributed by atoms with E-state index in [4.69, 9.17) is 9.72 Å². The summed E-state index contributed by atoms with van der Waals surface area (Å²) in [6.07, 6.45) is 6.92. The molecule has 1 aromatic heterocycles. The van der Waals surface area contributed by atoms with Gasteiger partial charge in [0.15, 0.2) is 5.82 Å². The molecule has 2 amide bonds. The van der Waals surface area contributed by atoms with Gasteiger partial charge in [-0.2, -0.15) is 4.98 Å². The molecule has 0 bridgehead atoms. The summed E-state index contributed by atoms with van der Waals surface area (Å²) in [4.78, 5) is 42.2. The molecule has 2 fully saturated rings. The molecular formula is C33H42N8O3. The van der Waals surface area contributed by atoms with Crippen molar-refractivity contribution in [3.8, 4) is 5.75 Å². The lowest BCUT2D eigenvalue weighted by molar-refractivity contribution is -0.125. The molecule has 0 atom stereocenters. The highest BCUT2D eigenvalue weighted by Gasteiger charge is 2.39. The van der Waals surface area contributed by atoms with E-state index in [0.29, 0.717) is 47.0 Å². The topological polar surface area (TPSA) is 106 Å². The number of anilines is 5. The van der Waals surface area contributed by atoms with Crippen molar-refractivity contribution in [3.05, 3.63) is 60.3 Å². The van der Waals surface area contributed by atoms with Crippen molar-refractivity contribution in [1.29, 1.82) is 0 Å². The van der Waals surface area contributed by atoms with Gasteiger partial charge < -0.3 is 19.9 Å². The fraction of sp³-hybridized carbons (Fsp3) is 0.455. The molecule has 11 heteroatoms. The van der Waals surface area contributed by atoms with E-state index >= 15 is 0 Å². The van der Waals surface area contributed by atoms with E-state index in [1.807, 2.05) is 49.2 Å². The molecule has 2 aromatic carbocycles. The molecule has 3 aliphatic rings. The number of aromatic nitrogens is 2. The minimum Gasteiger partial charge on any atom is -0.495 e. The van der Waals surface area contributed by atoms with Gasteiger partial charge >= 0.3 is 0 Å². The number of nitrogens with zero attached hydrogens (tertiary/aromatic N) is 6. The number of benzene rings is 2. The molecule has 232 valence electrons. The third-order valence-electron chi connectivity index (χ3n) is 9.00. The predicted octanol–water partition coefficient (Wildman–Crippen LogP) is 4.57. The molecule has 2 aliphatic heterocycles. The Kier molecular flexibility index (Phi) is 8.42. The number of methoxy groups -OCH3 is 1. The standard InChI is InChI=1S/C33H42N8O3/c1-33(2)22-41(25-12-6-5-7-13-25)29-27(38(3)31(33)43)21-34-32(36-29)35-26-15-14-23(20-28(26)44-4)30(42)37-40-18-16-39(17-19-40)24-10-8-9-11-24/h5-7,12-15,20-21,24H,8-11,16-19,22H2,1-4H3,(H,37,42)(H,34,35,36). The molecule has 1 saturated heterocycles. The van der Waals surface area contributed by atoms with Crippen molar-refractivity contribution in [2.75, 3.05) is 62.0 Å². The second-order valence-electron chi connectivity index (χ2n) is 12.5. The van der Waals surface area contributed by atoms with E-state index in [-0.39, 0.29) is 11.8 Å². The molecule has 0 spiro atoms. The maximum Gasteiger partial charge on any atom is 0.265 e. The maximum atomic E-state index is 13.3. The number of rotatable bonds is 7. The van der Waals surface area contributed by atoms with Crippen LogP contribution >= 0.6 is 0 Å². The lowest BCUT2D eigenvalue weighted by Crippen LogP contribution is -2.55. The van der Waals surface area contributed by atoms with E-state index in [0.717, 1.165) is 31.9 Å². The molecule has 6 rings (SSSR count). The van der Waals surface area contributed by atoms with Crippen LogP contribution in [0.25, 0.3) is 0 Å². The molecular weight excluding hydrogens is 556 g/mol. The molecule has 3 heterocycles. The fourth-order valence-corrected chi connectivity index (χ4v) is 6.52. The second-order valence-corrected chi connectivity index (χ2v) is 12.5. The summed E-state index contributed by atoms with van der Waals surface area (Å²) in [5.41, 5.74) is 5.11. The van der Waals surface area contributed by atoms with Crippen molar-refractivity contribution in [2.45, 2.75) is 45.6 Å². The van der Waals surface area contributed by atoms with Crippen LogP contribution in [0.5, 0.6) is 5.75 Å². The van der Waals surface area contributed by atoms with Gasteiger partial charge in [-0.3, -0.25) is 19.9 Å². The number of carbonyl (C=O) groups is 2. The first-order valence-electron chi connectivity index (χ1n) is 15.5. The van der Waals surface area contributed by atoms with Gasteiger partial charge in [0, 0.05) is 57.1 Å². The third-order valence-corrected chi connectivity index (χ3v) is 9.00. The first-order valence-corrected chi connectivity index (χ1v) is 15.5. The van der Waals surface area contributed by atoms with Gasteiger partial charge in [0.2, 0.25) is 11.9 Å². The van der Waals surface area contributed by atoms with Crippen LogP contribution in [-0.4, -0.2) is 84.6 Å². The third kappa shape index (κ3) is 6.07. The number of amides is 2. The van der Waals surface area contributed by atoms with E-state index < -0.39 is 5.41 Å². The molecule has 0 radical (unpaired) electrons. The molecule has 1 saturated carbocycles. The predicted molar refractivity (Wildman–Crippen MR) is 172 cm³/mol. The zero-order chi connectivity index (χ0) is 30.8. The monoisotopic (exact) mass is 598 g/mol. The van der Waals surface area contributed by atoms with Crippen molar-refractivity contribution in [1.82, 2.24) is 25.3 Å². The van der Waals surface area contributed by atoms with Gasteiger partial charge in [-0.25, -0.2) is 9.99 Å². The van der Waals surface area contributed by atoms with Gasteiger partial charge in [-0.15, -0.1) is 0 Å². The Morgan fingerprint density at radius 1 is 1.02 bits per heavy atom. The SMILES string of the molecule is COc1cc(C(=O)NN2CCN(C3CCCC3)CC2)ccc1Nc1ncc2c(n1)N(c1ccccc1)CC(C)(C)C(=O)N2C. The van der Waals surface area contributed by atoms with E-state index in [9.17, 15) is 9.59 Å². The lowest BCUT2D eigenvalue weighted by Gasteiger charge is -2.37. The van der Waals surface area contributed by atoms with Gasteiger partial charge in [0.05, 0.1) is 24.4 Å². The molecule has 2 N–H and O–H groups in total. The van der Waals surface area contributed by atoms with Crippen molar-refractivity contribution in [3.63, 3.8) is 0 Å². The Labute approximate surface area is 259 Å². The highest BCUT2D eigenvalue weighted by Crippen LogP contribution is 2.40. The minimum absolute atomic E-state index is 0.00674. The van der Waals surface area contributed by atoms with Gasteiger partial charge in [0.1, 0.15) is 11.4 Å². The smallest absolute Gasteiger partial charge is 0.265 e. The van der Waals surface area contributed by atoms with Crippen molar-refractivity contribution >= 4 is 40.6 Å². The maximum absolute atomic E-state index is 13.3. The number of nitrogens with one attached hydrogen (secondary N) is 2. The molecule has 11 nitrogen and oxygen atoms in total. The average molecular weight is 599 g/mol. The largest absolute Gasteiger partial charge is 0.495 e. The van der Waals surface area contributed by atoms with Crippen molar-refractivity contribution in [2.24, 2.45) is 5.41 Å². The Morgan fingerprint density at radius 2 is 1.75 bits per heavy atom. The summed E-state index contributed by atoms with van der Waals surface area (Å²) in [6, 6.07) is 15.9. The first kappa shape index (κ1) is 29.8. The van der Waals surface area contributed by atoms with Gasteiger partial charge in [-0.05, 0) is 57.0 Å². The summed E-state index contributed by atoms with van der Waals surface area (Å²) in [5, 5.41) is 5.28. The Morgan fingerprint density at radius 3 is 2.45 bits per heavy atom. The Balaban J connectivity index is 1.19. The van der Waals surface area contributed by atoms with E-state index in [1.54, 1.807) is 43.5 Å². The summed E-state index contributed by atoms with van der Waals surface area (Å²) < 4.78 is 5.67. The number of hydrazine groups is 1. The molecule has 1 aliphatic carbocycles. The second kappa shape index (κ2) is 12.4. The average Bonchev–Trinajstić information content (AvgIpc) is 3.57. The zero-order valence-electron chi connectivity index (χ0n) is 26.0. The Bertz CT molecular complexity index is 1500. The van der Waals surface area contributed by atoms with Crippen LogP contribution in [0.3, 0.4) is 0 Å². The zero-order valence-corrected chi connectivity index (χ0v) is 26.0. The molecule has 44 heavy (non-hydrogen) atoms. The highest BCUT2D eigenvalue weighted by molar-refractivity contribution is 6.01. The number of piperazine rings is 1. The summed E-state index contributed by atoms with van der Waals surface area (Å²) in [5.74, 6) is 1.29. The van der Waals surface area contributed by atoms with E-state index in [2.05, 4.69) is 25.5 Å². The number of ether oxygens (including phenoxy) is 1. The van der Waals surface area contributed by atoms with Crippen LogP contribution in [0.4, 0.5) is 28.8 Å². The van der Waals surface area contributed by atoms with Crippen LogP contribution in [-0.2, 0) is 4.79 Å². The summed E-state index contributed by atoms with van der Waals surface area (Å²) in [7, 11) is 3.33. The minimum atomic E-state index is -0.651. The van der Waals surface area contributed by atoms with Crippen LogP contribution in [0.2, 0.25) is 0 Å². The quantitative estimate of drug-likeness (QED) is 0.404. The summed E-state index contributed by atoms with van der Waals surface area (Å²) >= 11 is 0. The number of hydrogen-bond donors (Lipinski definition) is 2. The van der Waals surface area contributed by atoms with Crippen LogP contribution in [0.1, 0.15) is 49.9 Å². The van der Waals surface area contributed by atoms with Crippen molar-refractivity contribution < 1.29 is 14.3 Å². The normalized spacial score (nSPS) is 19.4. The fourth-order valence-electron chi connectivity index (χ4n) is 6.52. The number of para-hydroxylation sites is 1. The molecule has 3 aromatic rings. The van der Waals surface area contributed by atoms with Crippen LogP contribution in [0, 0.1) is 5.41 Å². The summed E-state index contributed by atoms with van der Waals surface area (Å²) in [6.45, 7) is 7.91. The Hall–Kier alpha value is -4.22. The number of fused-ring (bicyclic) bond motifs is 1. The molecule has 0 unspecified atom stereocenters. The van der Waals surface area contributed by atoms with Crippen LogP contribution < -0.4 is 25.3 Å². The number of hydrogen-bond acceptors (Lipinski definition) is 9. The van der Waals surface area contributed by atoms with E-state index in [1.165, 1.54) is 25.7 Å². The first-order chi connectivity index (χ1) is 21.2. The number of carbonyl (C=O) groups excluding carboxylic acids is 2. The van der Waals surface area contributed by atoms with Gasteiger partial charge in [-0.1, -0.05) is 31.0 Å².